The van der Waals surface area contributed by atoms with Crippen LogP contribution in [0.25, 0.3) is 0 Å². The van der Waals surface area contributed by atoms with Gasteiger partial charge in [-0.25, -0.2) is 0 Å². The first-order chi connectivity index (χ1) is 16.1. The number of amides is 1. The molecule has 0 saturated heterocycles. The molecule has 0 unspecified atom stereocenters. The van der Waals surface area contributed by atoms with Gasteiger partial charge in [-0.15, -0.1) is 0 Å². The van der Waals surface area contributed by atoms with Crippen molar-refractivity contribution in [2.24, 2.45) is 11.1 Å². The molecule has 1 rings (SSSR count). The van der Waals surface area contributed by atoms with Crippen molar-refractivity contribution in [1.82, 2.24) is 25.6 Å². The summed E-state index contributed by atoms with van der Waals surface area (Å²) in [5, 5.41) is 12.9. The van der Waals surface area contributed by atoms with E-state index in [1.807, 2.05) is 20.8 Å². The van der Waals surface area contributed by atoms with Gasteiger partial charge in [0.2, 0.25) is 17.8 Å². The molecule has 0 atom stereocenters. The predicted octanol–water partition coefficient (Wildman–Crippen LogP) is 2.43. The molecule has 11 heteroatoms. The second kappa shape index (κ2) is 15.1. The maximum Gasteiger partial charge on any atom is 0.239 e. The fraction of sp³-hybridized carbons (Fsp3) is 0.783. The number of nitrogens with two attached hydrogens (primary N) is 1. The average molecular weight is 497 g/mol. The number of carbonyl (C=O) groups excluding carboxylic acids is 2. The largest absolute Gasteiger partial charge is 0.355 e. The number of aromatic nitrogens is 3. The molecule has 0 saturated carbocycles. The number of Topliss-reactive ketones (excluding diaryl/α,β-unsaturated/α-hetero) is 1. The summed E-state index contributed by atoms with van der Waals surface area (Å²) >= 11 is 1.39. The molecule has 0 aliphatic heterocycles. The summed E-state index contributed by atoms with van der Waals surface area (Å²) in [5.74, 6) is 1.15. The van der Waals surface area contributed by atoms with Crippen LogP contribution in [0.15, 0.2) is 5.16 Å². The Labute approximate surface area is 208 Å². The maximum atomic E-state index is 12.4. The van der Waals surface area contributed by atoms with Crippen molar-refractivity contribution < 1.29 is 9.59 Å². The van der Waals surface area contributed by atoms with Crippen LogP contribution in [0.5, 0.6) is 0 Å². The minimum Gasteiger partial charge on any atom is -0.355 e. The van der Waals surface area contributed by atoms with Crippen LogP contribution in [0.4, 0.5) is 11.9 Å². The Morgan fingerprint density at radius 3 is 2.09 bits per heavy atom. The van der Waals surface area contributed by atoms with E-state index in [0.29, 0.717) is 29.9 Å². The lowest BCUT2D eigenvalue weighted by Gasteiger charge is -2.28. The van der Waals surface area contributed by atoms with E-state index >= 15 is 0 Å². The SMILES string of the molecule is CCC(C)(CC)NCCCNC(=O)CNc1nc(NCC(=O)C(C)(C)CC)nc(SCCN)n1. The monoisotopic (exact) mass is 496 g/mol. The third kappa shape index (κ3) is 11.0. The highest BCUT2D eigenvalue weighted by Gasteiger charge is 2.25. The quantitative estimate of drug-likeness (QED) is 0.152. The number of carbonyl (C=O) groups is 2. The minimum absolute atomic E-state index is 0.0430. The fourth-order valence-corrected chi connectivity index (χ4v) is 3.36. The van der Waals surface area contributed by atoms with Crippen molar-refractivity contribution in [2.75, 3.05) is 49.1 Å². The second-order valence-electron chi connectivity index (χ2n) is 9.17. The molecular weight excluding hydrogens is 452 g/mol. The zero-order valence-electron chi connectivity index (χ0n) is 21.7. The maximum absolute atomic E-state index is 12.4. The first kappa shape index (κ1) is 30.1. The first-order valence-corrected chi connectivity index (χ1v) is 13.2. The molecule has 194 valence electrons. The molecule has 0 spiro atoms. The van der Waals surface area contributed by atoms with Gasteiger partial charge in [0.25, 0.3) is 0 Å². The smallest absolute Gasteiger partial charge is 0.239 e. The van der Waals surface area contributed by atoms with Crippen molar-refractivity contribution in [3.63, 3.8) is 0 Å². The van der Waals surface area contributed by atoms with E-state index < -0.39 is 5.41 Å². The van der Waals surface area contributed by atoms with Crippen LogP contribution in [0, 0.1) is 5.41 Å². The number of nitrogens with one attached hydrogen (secondary N) is 4. The summed E-state index contributed by atoms with van der Waals surface area (Å²) < 4.78 is 0. The Bertz CT molecular complexity index is 771. The predicted molar refractivity (Wildman–Crippen MR) is 140 cm³/mol. The van der Waals surface area contributed by atoms with Crippen molar-refractivity contribution in [2.45, 2.75) is 77.9 Å². The normalized spacial score (nSPS) is 11.9. The summed E-state index contributed by atoms with van der Waals surface area (Å²) in [6.07, 6.45) is 3.73. The highest BCUT2D eigenvalue weighted by Crippen LogP contribution is 2.21. The van der Waals surface area contributed by atoms with Crippen LogP contribution in [-0.2, 0) is 9.59 Å². The number of nitrogens with zero attached hydrogens (tertiary/aromatic N) is 3. The third-order valence-electron chi connectivity index (χ3n) is 6.20. The molecule has 0 fully saturated rings. The number of thioether (sulfide) groups is 1. The van der Waals surface area contributed by atoms with E-state index in [4.69, 9.17) is 5.73 Å². The lowest BCUT2D eigenvalue weighted by molar-refractivity contribution is -0.125. The molecular formula is C23H44N8O2S. The molecule has 0 aliphatic rings. The molecule has 0 radical (unpaired) electrons. The molecule has 1 amide bonds. The number of hydrogen-bond donors (Lipinski definition) is 5. The fourth-order valence-electron chi connectivity index (χ4n) is 2.75. The van der Waals surface area contributed by atoms with E-state index in [1.165, 1.54) is 11.8 Å². The van der Waals surface area contributed by atoms with Gasteiger partial charge in [-0.05, 0) is 39.2 Å². The first-order valence-electron chi connectivity index (χ1n) is 12.2. The van der Waals surface area contributed by atoms with Crippen LogP contribution in [0.2, 0.25) is 0 Å². The average Bonchev–Trinajstić information content (AvgIpc) is 2.84. The molecule has 34 heavy (non-hydrogen) atoms. The van der Waals surface area contributed by atoms with E-state index in [-0.39, 0.29) is 36.3 Å². The van der Waals surface area contributed by atoms with E-state index in [2.05, 4.69) is 57.0 Å². The lowest BCUT2D eigenvalue weighted by Crippen LogP contribution is -2.42. The van der Waals surface area contributed by atoms with Gasteiger partial charge < -0.3 is 27.0 Å². The van der Waals surface area contributed by atoms with Gasteiger partial charge in [0, 0.05) is 29.8 Å². The Balaban J connectivity index is 2.60. The lowest BCUT2D eigenvalue weighted by atomic mass is 9.85. The topological polar surface area (TPSA) is 147 Å². The summed E-state index contributed by atoms with van der Waals surface area (Å²) in [5.41, 5.74) is 5.32. The summed E-state index contributed by atoms with van der Waals surface area (Å²) in [6, 6.07) is 0. The molecule has 0 aromatic carbocycles. The molecule has 6 N–H and O–H groups in total. The number of ketones is 1. The van der Waals surface area contributed by atoms with Crippen molar-refractivity contribution >= 4 is 35.3 Å². The highest BCUT2D eigenvalue weighted by molar-refractivity contribution is 7.99. The Morgan fingerprint density at radius 1 is 0.912 bits per heavy atom. The van der Waals surface area contributed by atoms with Crippen LogP contribution in [0.1, 0.15) is 67.2 Å². The molecule has 0 bridgehead atoms. The van der Waals surface area contributed by atoms with Gasteiger partial charge >= 0.3 is 0 Å². The van der Waals surface area contributed by atoms with E-state index in [9.17, 15) is 9.59 Å². The van der Waals surface area contributed by atoms with E-state index in [1.54, 1.807) is 0 Å². The van der Waals surface area contributed by atoms with Crippen LogP contribution in [0.3, 0.4) is 0 Å². The standard InChI is InChI=1S/C23H44N8O2S/c1-7-22(4,5)17(32)15-26-19-29-20(31-21(30-19)34-14-11-24)27-16-18(33)25-12-10-13-28-23(6,8-2)9-3/h28H,7-16,24H2,1-6H3,(H,25,33)(H2,26,27,29,30,31). The Hall–Kier alpha value is -1.98. The van der Waals surface area contributed by atoms with Gasteiger partial charge in [0.1, 0.15) is 0 Å². The van der Waals surface area contributed by atoms with Gasteiger partial charge in [-0.1, -0.05) is 46.4 Å². The van der Waals surface area contributed by atoms with Crippen molar-refractivity contribution in [3.8, 4) is 0 Å². The zero-order chi connectivity index (χ0) is 25.6. The summed E-state index contributed by atoms with van der Waals surface area (Å²) in [4.78, 5) is 37.7. The van der Waals surface area contributed by atoms with E-state index in [0.717, 1.165) is 32.2 Å². The van der Waals surface area contributed by atoms with Crippen molar-refractivity contribution in [1.29, 1.82) is 0 Å². The molecule has 10 nitrogen and oxygen atoms in total. The summed E-state index contributed by atoms with van der Waals surface area (Å²) in [7, 11) is 0. The third-order valence-corrected chi connectivity index (χ3v) is 7.09. The molecule has 1 heterocycles. The Morgan fingerprint density at radius 2 is 1.53 bits per heavy atom. The number of anilines is 2. The summed E-state index contributed by atoms with van der Waals surface area (Å²) in [6.45, 7) is 14.5. The van der Waals surface area contributed by atoms with Gasteiger partial charge in [0.05, 0.1) is 13.1 Å². The van der Waals surface area contributed by atoms with Crippen LogP contribution >= 0.6 is 11.8 Å². The van der Waals surface area contributed by atoms with Crippen molar-refractivity contribution in [3.05, 3.63) is 0 Å². The zero-order valence-corrected chi connectivity index (χ0v) is 22.5. The molecule has 1 aromatic rings. The molecule has 1 aromatic heterocycles. The Kier molecular flexibility index (Phi) is 13.4. The van der Waals surface area contributed by atoms with Crippen LogP contribution in [-0.4, -0.2) is 70.7 Å². The van der Waals surface area contributed by atoms with Crippen LogP contribution < -0.4 is 27.0 Å². The van der Waals surface area contributed by atoms with Gasteiger partial charge in [-0.3, -0.25) is 9.59 Å². The number of rotatable bonds is 18. The molecule has 0 aliphatic carbocycles. The second-order valence-corrected chi connectivity index (χ2v) is 10.2. The number of hydrogen-bond acceptors (Lipinski definition) is 10. The van der Waals surface area contributed by atoms with Gasteiger partial charge in [-0.2, -0.15) is 15.0 Å². The highest BCUT2D eigenvalue weighted by atomic mass is 32.2. The van der Waals surface area contributed by atoms with Gasteiger partial charge in [0.15, 0.2) is 10.9 Å². The minimum atomic E-state index is -0.419.